The maximum Gasteiger partial charge on any atom is 0.254 e. The SMILES string of the molecule is O=C1CCC(c2ccccc2)CCNC(=O)CN(C(=O)c2ccc3c(c2)CCCO3)CCCN1. The van der Waals surface area contributed by atoms with E-state index in [1.807, 2.05) is 30.3 Å². The molecule has 7 heteroatoms. The van der Waals surface area contributed by atoms with Crippen LogP contribution >= 0.6 is 0 Å². The molecule has 2 aliphatic heterocycles. The molecule has 7 nitrogen and oxygen atoms in total. The molecule has 0 radical (unpaired) electrons. The highest BCUT2D eigenvalue weighted by Crippen LogP contribution is 2.26. The highest BCUT2D eigenvalue weighted by molar-refractivity contribution is 5.97. The van der Waals surface area contributed by atoms with Crippen molar-refractivity contribution in [2.75, 3.05) is 32.8 Å². The van der Waals surface area contributed by atoms with E-state index in [1.54, 1.807) is 11.0 Å². The van der Waals surface area contributed by atoms with Crippen LogP contribution in [0.1, 0.15) is 59.5 Å². The van der Waals surface area contributed by atoms with E-state index >= 15 is 0 Å². The highest BCUT2D eigenvalue weighted by atomic mass is 16.5. The van der Waals surface area contributed by atoms with Crippen molar-refractivity contribution < 1.29 is 19.1 Å². The molecule has 0 aliphatic carbocycles. The van der Waals surface area contributed by atoms with E-state index in [4.69, 9.17) is 4.74 Å². The Hall–Kier alpha value is -3.35. The average molecular weight is 464 g/mol. The van der Waals surface area contributed by atoms with Crippen LogP contribution in [0.25, 0.3) is 0 Å². The normalized spacial score (nSPS) is 20.2. The summed E-state index contributed by atoms with van der Waals surface area (Å²) >= 11 is 0. The monoisotopic (exact) mass is 463 g/mol. The zero-order valence-corrected chi connectivity index (χ0v) is 19.6. The summed E-state index contributed by atoms with van der Waals surface area (Å²) in [6, 6.07) is 15.6. The van der Waals surface area contributed by atoms with Crippen molar-refractivity contribution in [3.63, 3.8) is 0 Å². The van der Waals surface area contributed by atoms with Crippen molar-refractivity contribution in [2.45, 2.75) is 44.4 Å². The highest BCUT2D eigenvalue weighted by Gasteiger charge is 2.22. The molecule has 0 aromatic heterocycles. The first-order valence-corrected chi connectivity index (χ1v) is 12.2. The second-order valence-corrected chi connectivity index (χ2v) is 8.99. The first-order valence-electron chi connectivity index (χ1n) is 12.2. The Morgan fingerprint density at radius 3 is 2.59 bits per heavy atom. The molecule has 2 aromatic rings. The molecule has 0 saturated carbocycles. The summed E-state index contributed by atoms with van der Waals surface area (Å²) in [5.41, 5.74) is 2.76. The third-order valence-electron chi connectivity index (χ3n) is 6.51. The predicted octanol–water partition coefficient (Wildman–Crippen LogP) is 3.04. The van der Waals surface area contributed by atoms with Gasteiger partial charge in [0.15, 0.2) is 0 Å². The van der Waals surface area contributed by atoms with E-state index in [2.05, 4.69) is 22.8 Å². The van der Waals surface area contributed by atoms with Gasteiger partial charge in [-0.15, -0.1) is 0 Å². The van der Waals surface area contributed by atoms with Crippen molar-refractivity contribution in [1.82, 2.24) is 15.5 Å². The number of carbonyl (C=O) groups is 3. The Morgan fingerprint density at radius 2 is 1.74 bits per heavy atom. The summed E-state index contributed by atoms with van der Waals surface area (Å²) < 4.78 is 5.66. The van der Waals surface area contributed by atoms with Gasteiger partial charge >= 0.3 is 0 Å². The Bertz CT molecular complexity index is 1010. The zero-order valence-electron chi connectivity index (χ0n) is 19.6. The quantitative estimate of drug-likeness (QED) is 0.717. The Kier molecular flexibility index (Phi) is 8.17. The number of hydrogen-bond donors (Lipinski definition) is 2. The van der Waals surface area contributed by atoms with E-state index in [9.17, 15) is 14.4 Å². The van der Waals surface area contributed by atoms with Crippen LogP contribution < -0.4 is 15.4 Å². The van der Waals surface area contributed by atoms with Gasteiger partial charge in [-0.3, -0.25) is 14.4 Å². The first kappa shape index (κ1) is 23.8. The Labute approximate surface area is 200 Å². The molecule has 180 valence electrons. The van der Waals surface area contributed by atoms with Gasteiger partial charge in [-0.25, -0.2) is 0 Å². The molecule has 3 amide bonds. The fraction of sp³-hybridized carbons (Fsp3) is 0.444. The molecule has 4 rings (SSSR count). The number of rotatable bonds is 2. The topological polar surface area (TPSA) is 87.7 Å². The minimum atomic E-state index is -0.177. The van der Waals surface area contributed by atoms with Gasteiger partial charge in [-0.1, -0.05) is 30.3 Å². The number of amides is 3. The van der Waals surface area contributed by atoms with Crippen molar-refractivity contribution in [3.05, 3.63) is 65.2 Å². The second kappa shape index (κ2) is 11.7. The van der Waals surface area contributed by atoms with Gasteiger partial charge in [0, 0.05) is 31.6 Å². The van der Waals surface area contributed by atoms with Crippen molar-refractivity contribution in [2.24, 2.45) is 0 Å². The summed E-state index contributed by atoms with van der Waals surface area (Å²) in [5.74, 6) is 0.698. The first-order chi connectivity index (χ1) is 16.6. The molecule has 34 heavy (non-hydrogen) atoms. The summed E-state index contributed by atoms with van der Waals surface area (Å²) in [4.78, 5) is 40.0. The standard InChI is InChI=1S/C27H33N3O4/c31-25-12-10-21(20-6-2-1-3-7-20)13-15-29-26(32)19-30(16-5-14-28-25)27(33)23-9-11-24-22(18-23)8-4-17-34-24/h1-3,6-7,9,11,18,21H,4-5,8,10,12-17,19H2,(H,28,31)(H,29,32). The summed E-state index contributed by atoms with van der Waals surface area (Å²) in [6.45, 7) is 2.06. The number of aryl methyl sites for hydroxylation is 1. The predicted molar refractivity (Wildman–Crippen MR) is 130 cm³/mol. The zero-order chi connectivity index (χ0) is 23.8. The summed E-state index contributed by atoms with van der Waals surface area (Å²) in [5, 5.41) is 5.95. The fourth-order valence-electron chi connectivity index (χ4n) is 4.64. The van der Waals surface area contributed by atoms with Crippen LogP contribution in [0.15, 0.2) is 48.5 Å². The van der Waals surface area contributed by atoms with Gasteiger partial charge in [0.25, 0.3) is 5.91 Å². The minimum Gasteiger partial charge on any atom is -0.493 e. The van der Waals surface area contributed by atoms with Crippen LogP contribution in [0, 0.1) is 0 Å². The number of ether oxygens (including phenoxy) is 1. The van der Waals surface area contributed by atoms with Crippen LogP contribution in [0.5, 0.6) is 5.75 Å². The second-order valence-electron chi connectivity index (χ2n) is 8.99. The van der Waals surface area contributed by atoms with Gasteiger partial charge in [0.05, 0.1) is 13.2 Å². The van der Waals surface area contributed by atoms with Crippen LogP contribution in [-0.2, 0) is 16.0 Å². The van der Waals surface area contributed by atoms with Gasteiger partial charge in [0.1, 0.15) is 5.75 Å². The molecule has 1 fully saturated rings. The van der Waals surface area contributed by atoms with Gasteiger partial charge in [-0.05, 0) is 67.3 Å². The van der Waals surface area contributed by atoms with Crippen molar-refractivity contribution >= 4 is 17.7 Å². The molecule has 2 N–H and O–H groups in total. The molecule has 2 heterocycles. The number of benzene rings is 2. The smallest absolute Gasteiger partial charge is 0.254 e. The lowest BCUT2D eigenvalue weighted by Gasteiger charge is -2.25. The molecule has 0 bridgehead atoms. The molecule has 1 saturated heterocycles. The van der Waals surface area contributed by atoms with E-state index < -0.39 is 0 Å². The van der Waals surface area contributed by atoms with E-state index in [-0.39, 0.29) is 30.2 Å². The molecular weight excluding hydrogens is 430 g/mol. The minimum absolute atomic E-state index is 0.00360. The number of nitrogens with one attached hydrogen (secondary N) is 2. The van der Waals surface area contributed by atoms with E-state index in [0.29, 0.717) is 44.6 Å². The lowest BCUT2D eigenvalue weighted by Crippen LogP contribution is -2.42. The Balaban J connectivity index is 1.44. The molecule has 1 atom stereocenters. The van der Waals surface area contributed by atoms with Crippen molar-refractivity contribution in [1.29, 1.82) is 0 Å². The maximum absolute atomic E-state index is 13.3. The third-order valence-corrected chi connectivity index (χ3v) is 6.51. The molecule has 0 spiro atoms. The maximum atomic E-state index is 13.3. The molecule has 2 aliphatic rings. The average Bonchev–Trinajstić information content (AvgIpc) is 2.87. The number of carbonyl (C=O) groups excluding carboxylic acids is 3. The van der Waals surface area contributed by atoms with Crippen LogP contribution in [-0.4, -0.2) is 55.4 Å². The number of hydrogen-bond acceptors (Lipinski definition) is 4. The van der Waals surface area contributed by atoms with Gasteiger partial charge < -0.3 is 20.3 Å². The lowest BCUT2D eigenvalue weighted by molar-refractivity contribution is -0.123. The molecule has 1 unspecified atom stereocenters. The number of nitrogens with zero attached hydrogens (tertiary/aromatic N) is 1. The largest absolute Gasteiger partial charge is 0.493 e. The molecular formula is C27H33N3O4. The van der Waals surface area contributed by atoms with Gasteiger partial charge in [-0.2, -0.15) is 0 Å². The van der Waals surface area contributed by atoms with Gasteiger partial charge in [0.2, 0.25) is 11.8 Å². The molecule has 2 aromatic carbocycles. The van der Waals surface area contributed by atoms with E-state index in [1.165, 1.54) is 5.56 Å². The van der Waals surface area contributed by atoms with E-state index in [0.717, 1.165) is 37.0 Å². The summed E-state index contributed by atoms with van der Waals surface area (Å²) in [6.07, 6.45) is 4.31. The summed E-state index contributed by atoms with van der Waals surface area (Å²) in [7, 11) is 0. The lowest BCUT2D eigenvalue weighted by atomic mass is 9.91. The van der Waals surface area contributed by atoms with Crippen molar-refractivity contribution in [3.8, 4) is 5.75 Å². The third kappa shape index (κ3) is 6.37. The fourth-order valence-corrected chi connectivity index (χ4v) is 4.64. The van der Waals surface area contributed by atoms with Crippen LogP contribution in [0.4, 0.5) is 0 Å². The number of fused-ring (bicyclic) bond motifs is 1. The van der Waals surface area contributed by atoms with Crippen LogP contribution in [0.2, 0.25) is 0 Å². The Morgan fingerprint density at radius 1 is 0.912 bits per heavy atom. The van der Waals surface area contributed by atoms with Crippen LogP contribution in [0.3, 0.4) is 0 Å².